The summed E-state index contributed by atoms with van der Waals surface area (Å²) in [7, 11) is 4.89. The fraction of sp³-hybridized carbons (Fsp3) is 0.741. The largest absolute Gasteiger partial charge is 0.493 e. The van der Waals surface area contributed by atoms with E-state index in [0.717, 1.165) is 37.0 Å². The van der Waals surface area contributed by atoms with Crippen molar-refractivity contribution in [3.63, 3.8) is 0 Å². The summed E-state index contributed by atoms with van der Waals surface area (Å²) in [5.74, 6) is 1.89. The Morgan fingerprint density at radius 2 is 1.83 bits per heavy atom. The molecule has 0 unspecified atom stereocenters. The molecule has 0 heterocycles. The summed E-state index contributed by atoms with van der Waals surface area (Å²) in [5.41, 5.74) is 6.76. The second-order valence-corrected chi connectivity index (χ2v) is 9.97. The molecule has 0 radical (unpaired) electrons. The molecule has 0 bridgehead atoms. The molecule has 208 valence electrons. The summed E-state index contributed by atoms with van der Waals surface area (Å²) in [4.78, 5) is 12.7. The number of rotatable bonds is 16. The Labute approximate surface area is 223 Å². The van der Waals surface area contributed by atoms with E-state index in [-0.39, 0.29) is 30.8 Å². The van der Waals surface area contributed by atoms with Crippen LogP contribution in [0.25, 0.3) is 0 Å². The van der Waals surface area contributed by atoms with E-state index in [1.165, 1.54) is 0 Å². The second-order valence-electron chi connectivity index (χ2n) is 9.97. The van der Waals surface area contributed by atoms with Crippen molar-refractivity contribution in [2.45, 2.75) is 76.5 Å². The number of amides is 1. The molecule has 1 aromatic rings. The van der Waals surface area contributed by atoms with Crippen LogP contribution in [0.4, 0.5) is 0 Å². The molecule has 8 nitrogen and oxygen atoms in total. The van der Waals surface area contributed by atoms with Gasteiger partial charge in [0.2, 0.25) is 0 Å². The Hall–Kier alpha value is -1.58. The minimum atomic E-state index is -0.828. The van der Waals surface area contributed by atoms with Crippen molar-refractivity contribution < 1.29 is 28.8 Å². The van der Waals surface area contributed by atoms with Crippen molar-refractivity contribution in [2.75, 3.05) is 41.1 Å². The van der Waals surface area contributed by atoms with Gasteiger partial charge in [-0.1, -0.05) is 19.9 Å². The summed E-state index contributed by atoms with van der Waals surface area (Å²) in [6.45, 7) is 5.65. The fourth-order valence-electron chi connectivity index (χ4n) is 4.73. The van der Waals surface area contributed by atoms with Gasteiger partial charge >= 0.3 is 0 Å². The van der Waals surface area contributed by atoms with Gasteiger partial charge in [0, 0.05) is 39.8 Å². The average Bonchev–Trinajstić information content (AvgIpc) is 3.35. The molecule has 0 aromatic heterocycles. The number of methoxy groups -OCH3 is 3. The Balaban J connectivity index is 0.00000648. The lowest BCUT2D eigenvalue weighted by Gasteiger charge is -2.29. The molecule has 1 amide bonds. The highest BCUT2D eigenvalue weighted by molar-refractivity contribution is 5.85. The smallest absolute Gasteiger partial charge is 0.252 e. The molecule has 3 atom stereocenters. The van der Waals surface area contributed by atoms with Gasteiger partial charge in [-0.15, -0.1) is 12.4 Å². The number of carbonyl (C=O) groups excluding carboxylic acids is 1. The van der Waals surface area contributed by atoms with Gasteiger partial charge in [0.25, 0.3) is 5.91 Å². The zero-order chi connectivity index (χ0) is 25.8. The first-order chi connectivity index (χ1) is 16.8. The van der Waals surface area contributed by atoms with Gasteiger partial charge in [-0.05, 0) is 68.1 Å². The van der Waals surface area contributed by atoms with Crippen molar-refractivity contribution in [1.29, 1.82) is 0 Å². The number of halogens is 1. The second kappa shape index (κ2) is 16.3. The minimum absolute atomic E-state index is 0. The van der Waals surface area contributed by atoms with E-state index in [1.807, 2.05) is 18.2 Å². The summed E-state index contributed by atoms with van der Waals surface area (Å²) in [6, 6.07) is 5.55. The van der Waals surface area contributed by atoms with Crippen LogP contribution >= 0.6 is 12.4 Å². The highest BCUT2D eigenvalue weighted by atomic mass is 35.5. The number of nitrogens with two attached hydrogens (primary N) is 1. The summed E-state index contributed by atoms with van der Waals surface area (Å²) in [6.07, 6.45) is 4.80. The maximum absolute atomic E-state index is 12.7. The van der Waals surface area contributed by atoms with E-state index in [4.69, 9.17) is 24.7 Å². The van der Waals surface area contributed by atoms with Crippen molar-refractivity contribution in [2.24, 2.45) is 17.6 Å². The van der Waals surface area contributed by atoms with Gasteiger partial charge in [0.05, 0.1) is 19.8 Å². The zero-order valence-corrected chi connectivity index (χ0v) is 23.4. The average molecular weight is 531 g/mol. The fourth-order valence-corrected chi connectivity index (χ4v) is 4.73. The van der Waals surface area contributed by atoms with E-state index >= 15 is 0 Å². The zero-order valence-electron chi connectivity index (χ0n) is 22.6. The van der Waals surface area contributed by atoms with Crippen LogP contribution in [-0.2, 0) is 20.7 Å². The molecule has 36 heavy (non-hydrogen) atoms. The Bertz CT molecular complexity index is 773. The molecule has 1 aliphatic carbocycles. The maximum Gasteiger partial charge on any atom is 0.252 e. The molecule has 0 spiro atoms. The molecule has 9 heteroatoms. The third-order valence-corrected chi connectivity index (χ3v) is 7.18. The van der Waals surface area contributed by atoms with Crippen molar-refractivity contribution in [3.05, 3.63) is 23.8 Å². The highest BCUT2D eigenvalue weighted by Crippen LogP contribution is 2.33. The molecule has 1 fully saturated rings. The maximum atomic E-state index is 12.7. The first-order valence-electron chi connectivity index (χ1n) is 12.8. The number of benzene rings is 1. The number of hydrogen-bond donors (Lipinski definition) is 3. The summed E-state index contributed by atoms with van der Waals surface area (Å²) in [5, 5.41) is 13.6. The molecule has 1 aromatic carbocycles. The van der Waals surface area contributed by atoms with E-state index in [2.05, 4.69) is 19.2 Å². The number of nitrogens with one attached hydrogen (secondary N) is 1. The molecule has 1 aliphatic rings. The standard InChI is InChI=1S/C27H46N2O6.ClH/c1-19(2)21(15-20-9-10-24(33-4)25(16-20)35-14-8-13-32-3)17-22(28)23(30)18-29-26(31)27(34-5)11-6-7-12-27;/h9-10,16,19,21-23,30H,6-8,11-15,17-18,28H2,1-5H3,(H,29,31);1H/t21-,22-,23-;/m0./s1. The minimum Gasteiger partial charge on any atom is -0.493 e. The van der Waals surface area contributed by atoms with Crippen LogP contribution in [0.5, 0.6) is 11.5 Å². The quantitative estimate of drug-likeness (QED) is 0.280. The van der Waals surface area contributed by atoms with Crippen LogP contribution in [0.3, 0.4) is 0 Å². The van der Waals surface area contributed by atoms with Crippen LogP contribution in [0.1, 0.15) is 57.9 Å². The van der Waals surface area contributed by atoms with Crippen LogP contribution in [0.2, 0.25) is 0 Å². The van der Waals surface area contributed by atoms with E-state index in [9.17, 15) is 9.90 Å². The lowest BCUT2D eigenvalue weighted by atomic mass is 9.83. The highest BCUT2D eigenvalue weighted by Gasteiger charge is 2.41. The number of aliphatic hydroxyl groups is 1. The van der Waals surface area contributed by atoms with E-state index in [0.29, 0.717) is 44.1 Å². The van der Waals surface area contributed by atoms with Crippen LogP contribution in [0, 0.1) is 11.8 Å². The van der Waals surface area contributed by atoms with Gasteiger partial charge < -0.3 is 35.1 Å². The lowest BCUT2D eigenvalue weighted by Crippen LogP contribution is -2.51. The normalized spacial score (nSPS) is 17.2. The first kappa shape index (κ1) is 32.4. The third kappa shape index (κ3) is 9.38. The molecular formula is C27H47ClN2O6. The predicted molar refractivity (Wildman–Crippen MR) is 144 cm³/mol. The molecule has 4 N–H and O–H groups in total. The van der Waals surface area contributed by atoms with Gasteiger partial charge in [0.1, 0.15) is 5.60 Å². The number of aliphatic hydroxyl groups excluding tert-OH is 1. The SMILES string of the molecule is COCCCOc1cc(C[C@@H](C[C@H](N)[C@@H](O)CNC(=O)C2(OC)CCCC2)C(C)C)ccc1OC.Cl. The lowest BCUT2D eigenvalue weighted by molar-refractivity contribution is -0.143. The van der Waals surface area contributed by atoms with Crippen LogP contribution in [-0.4, -0.2) is 69.8 Å². The molecule has 2 rings (SSSR count). The van der Waals surface area contributed by atoms with Crippen LogP contribution in [0.15, 0.2) is 18.2 Å². The van der Waals surface area contributed by atoms with Gasteiger partial charge in [-0.3, -0.25) is 4.79 Å². The summed E-state index contributed by atoms with van der Waals surface area (Å²) < 4.78 is 22.0. The van der Waals surface area contributed by atoms with Gasteiger partial charge in [-0.25, -0.2) is 0 Å². The number of hydrogen-bond acceptors (Lipinski definition) is 7. The third-order valence-electron chi connectivity index (χ3n) is 7.18. The molecule has 0 aliphatic heterocycles. The van der Waals surface area contributed by atoms with Gasteiger partial charge in [0.15, 0.2) is 11.5 Å². The molecule has 0 saturated heterocycles. The number of ether oxygens (including phenoxy) is 4. The topological polar surface area (TPSA) is 112 Å². The monoisotopic (exact) mass is 530 g/mol. The van der Waals surface area contributed by atoms with Crippen molar-refractivity contribution in [3.8, 4) is 11.5 Å². The van der Waals surface area contributed by atoms with Crippen molar-refractivity contribution >= 4 is 18.3 Å². The first-order valence-corrected chi connectivity index (χ1v) is 12.8. The molecule has 1 saturated carbocycles. The van der Waals surface area contributed by atoms with Crippen LogP contribution < -0.4 is 20.5 Å². The Morgan fingerprint density at radius 1 is 1.14 bits per heavy atom. The molecular weight excluding hydrogens is 484 g/mol. The van der Waals surface area contributed by atoms with Crippen molar-refractivity contribution in [1.82, 2.24) is 5.32 Å². The predicted octanol–water partition coefficient (Wildman–Crippen LogP) is 3.50. The Kier molecular flexibility index (Phi) is 14.7. The Morgan fingerprint density at radius 3 is 2.42 bits per heavy atom. The van der Waals surface area contributed by atoms with Gasteiger partial charge in [-0.2, -0.15) is 0 Å². The number of carbonyl (C=O) groups is 1. The van der Waals surface area contributed by atoms with E-state index in [1.54, 1.807) is 21.3 Å². The van der Waals surface area contributed by atoms with E-state index < -0.39 is 17.7 Å². The summed E-state index contributed by atoms with van der Waals surface area (Å²) >= 11 is 0.